The highest BCUT2D eigenvalue weighted by atomic mass is 16.2. The highest BCUT2D eigenvalue weighted by molar-refractivity contribution is 6.04. The van der Waals surface area contributed by atoms with Gasteiger partial charge < -0.3 is 10.6 Å². The van der Waals surface area contributed by atoms with Crippen molar-refractivity contribution in [2.45, 2.75) is 76.5 Å². The van der Waals surface area contributed by atoms with Crippen LogP contribution in [0.1, 0.15) is 62.4 Å². The number of hydrogen-bond acceptors (Lipinski definition) is 4. The lowest BCUT2D eigenvalue weighted by Crippen LogP contribution is -2.48. The monoisotopic (exact) mass is 368 g/mol. The number of amides is 1. The molecule has 6 heteroatoms. The number of hydrogen-bond donors (Lipinski definition) is 2. The minimum Gasteiger partial charge on any atom is -0.348 e. The van der Waals surface area contributed by atoms with E-state index in [-0.39, 0.29) is 17.5 Å². The molecule has 27 heavy (non-hydrogen) atoms. The van der Waals surface area contributed by atoms with E-state index in [4.69, 9.17) is 0 Å². The third-order valence-electron chi connectivity index (χ3n) is 5.86. The summed E-state index contributed by atoms with van der Waals surface area (Å²) in [5, 5.41) is 12.5. The van der Waals surface area contributed by atoms with Gasteiger partial charge in [0.15, 0.2) is 5.69 Å². The molecule has 0 spiro atoms. The fourth-order valence-corrected chi connectivity index (χ4v) is 4.49. The van der Waals surface area contributed by atoms with Gasteiger partial charge in [0.25, 0.3) is 11.5 Å². The average molecular weight is 368 g/mol. The van der Waals surface area contributed by atoms with Crippen molar-refractivity contribution >= 4 is 16.7 Å². The molecule has 2 aromatic rings. The van der Waals surface area contributed by atoms with Gasteiger partial charge in [-0.3, -0.25) is 9.59 Å². The molecule has 2 aliphatic heterocycles. The van der Waals surface area contributed by atoms with E-state index >= 15 is 0 Å². The third-order valence-corrected chi connectivity index (χ3v) is 5.86. The smallest absolute Gasteiger partial charge is 0.274 e. The predicted octanol–water partition coefficient (Wildman–Crippen LogP) is 2.60. The van der Waals surface area contributed by atoms with Gasteiger partial charge >= 0.3 is 0 Å². The lowest BCUT2D eigenvalue weighted by molar-refractivity contribution is 0.0918. The number of aromatic nitrogens is 2. The van der Waals surface area contributed by atoms with Gasteiger partial charge in [0.2, 0.25) is 0 Å². The molecule has 1 aromatic carbocycles. The number of carbonyl (C=O) groups is 1. The molecule has 0 radical (unpaired) electrons. The first-order chi connectivity index (χ1) is 13.2. The van der Waals surface area contributed by atoms with E-state index in [2.05, 4.69) is 22.7 Å². The van der Waals surface area contributed by atoms with Crippen molar-refractivity contribution in [2.24, 2.45) is 0 Å². The fourth-order valence-electron chi connectivity index (χ4n) is 4.49. The van der Waals surface area contributed by atoms with Crippen LogP contribution in [0.2, 0.25) is 0 Å². The van der Waals surface area contributed by atoms with E-state index in [1.165, 1.54) is 17.5 Å². The van der Waals surface area contributed by atoms with Crippen LogP contribution in [0.4, 0.5) is 0 Å². The van der Waals surface area contributed by atoms with Crippen LogP contribution in [-0.4, -0.2) is 33.8 Å². The van der Waals surface area contributed by atoms with Crippen LogP contribution in [0.25, 0.3) is 10.8 Å². The molecule has 4 rings (SSSR count). The highest BCUT2D eigenvalue weighted by Crippen LogP contribution is 2.27. The van der Waals surface area contributed by atoms with Gasteiger partial charge in [-0.1, -0.05) is 38.0 Å². The molecule has 1 amide bonds. The Kier molecular flexibility index (Phi) is 5.25. The summed E-state index contributed by atoms with van der Waals surface area (Å²) in [5.74, 6) is -0.165. The normalized spacial score (nSPS) is 24.3. The number of nitrogens with one attached hydrogen (secondary N) is 2. The lowest BCUT2D eigenvalue weighted by atomic mass is 9.99. The van der Waals surface area contributed by atoms with Crippen LogP contribution in [0.15, 0.2) is 29.1 Å². The van der Waals surface area contributed by atoms with Crippen LogP contribution in [0.3, 0.4) is 0 Å². The summed E-state index contributed by atoms with van der Waals surface area (Å²) >= 11 is 0. The number of unbranched alkanes of at least 4 members (excludes halogenated alkanes) is 2. The Labute approximate surface area is 159 Å². The highest BCUT2D eigenvalue weighted by Gasteiger charge is 2.34. The molecule has 6 nitrogen and oxygen atoms in total. The van der Waals surface area contributed by atoms with Crippen molar-refractivity contribution in [3.05, 3.63) is 40.3 Å². The summed E-state index contributed by atoms with van der Waals surface area (Å²) in [6.45, 7) is 2.68. The molecule has 0 aliphatic carbocycles. The zero-order chi connectivity index (χ0) is 18.8. The average Bonchev–Trinajstić information content (AvgIpc) is 3.02. The van der Waals surface area contributed by atoms with Crippen LogP contribution in [-0.2, 0) is 6.54 Å². The van der Waals surface area contributed by atoms with Crippen molar-refractivity contribution in [2.75, 3.05) is 0 Å². The number of benzene rings is 1. The summed E-state index contributed by atoms with van der Waals surface area (Å²) in [4.78, 5) is 25.8. The summed E-state index contributed by atoms with van der Waals surface area (Å²) in [6.07, 6.45) is 7.34. The summed E-state index contributed by atoms with van der Waals surface area (Å²) in [5.41, 5.74) is 0.255. The molecule has 2 bridgehead atoms. The second kappa shape index (κ2) is 7.80. The molecule has 2 saturated heterocycles. The Morgan fingerprint density at radius 2 is 1.89 bits per heavy atom. The maximum atomic E-state index is 13.0. The summed E-state index contributed by atoms with van der Waals surface area (Å²) in [6, 6.07) is 8.51. The number of carbonyl (C=O) groups excluding carboxylic acids is 1. The van der Waals surface area contributed by atoms with Gasteiger partial charge in [0, 0.05) is 30.1 Å². The van der Waals surface area contributed by atoms with Gasteiger partial charge in [0.05, 0.1) is 5.39 Å². The van der Waals surface area contributed by atoms with E-state index in [0.717, 1.165) is 32.1 Å². The standard InChI is InChI=1S/C21H28N4O2/c1-2-3-6-11-25-21(27)18-8-5-4-7-17(18)19(24-25)20(26)23-16-12-14-9-10-15(13-16)22-14/h4-5,7-8,14-16,22H,2-3,6,9-13H2,1H3,(H,23,26). The Balaban J connectivity index is 1.62. The quantitative estimate of drug-likeness (QED) is 0.769. The summed E-state index contributed by atoms with van der Waals surface area (Å²) in [7, 11) is 0. The van der Waals surface area contributed by atoms with Crippen molar-refractivity contribution in [1.29, 1.82) is 0 Å². The van der Waals surface area contributed by atoms with E-state index in [1.54, 1.807) is 6.07 Å². The minimum atomic E-state index is -0.165. The molecule has 144 valence electrons. The Morgan fingerprint density at radius 3 is 2.59 bits per heavy atom. The molecule has 3 heterocycles. The first-order valence-electron chi connectivity index (χ1n) is 10.2. The summed E-state index contributed by atoms with van der Waals surface area (Å²) < 4.78 is 1.47. The molecule has 1 aromatic heterocycles. The maximum Gasteiger partial charge on any atom is 0.274 e. The van der Waals surface area contributed by atoms with Crippen molar-refractivity contribution < 1.29 is 4.79 Å². The van der Waals surface area contributed by atoms with Crippen LogP contribution in [0, 0.1) is 0 Å². The zero-order valence-electron chi connectivity index (χ0n) is 15.9. The molecular formula is C21H28N4O2. The second-order valence-electron chi connectivity index (χ2n) is 7.91. The number of fused-ring (bicyclic) bond motifs is 3. The molecule has 2 fully saturated rings. The second-order valence-corrected chi connectivity index (χ2v) is 7.91. The van der Waals surface area contributed by atoms with Crippen molar-refractivity contribution in [1.82, 2.24) is 20.4 Å². The fraction of sp³-hybridized carbons (Fsp3) is 0.571. The van der Waals surface area contributed by atoms with Gasteiger partial charge in [-0.25, -0.2) is 4.68 Å². The molecular weight excluding hydrogens is 340 g/mol. The topological polar surface area (TPSA) is 76.0 Å². The predicted molar refractivity (Wildman–Crippen MR) is 106 cm³/mol. The van der Waals surface area contributed by atoms with Gasteiger partial charge in [0.1, 0.15) is 0 Å². The van der Waals surface area contributed by atoms with Crippen molar-refractivity contribution in [3.8, 4) is 0 Å². The SMILES string of the molecule is CCCCCn1nc(C(=O)NC2CC3CCC(C2)N3)c2ccccc2c1=O. The van der Waals surface area contributed by atoms with Crippen LogP contribution in [0.5, 0.6) is 0 Å². The Hall–Kier alpha value is -2.21. The first kappa shape index (κ1) is 18.2. The maximum absolute atomic E-state index is 13.0. The van der Waals surface area contributed by atoms with Gasteiger partial charge in [-0.2, -0.15) is 5.10 Å². The molecule has 2 aliphatic rings. The largest absolute Gasteiger partial charge is 0.348 e. The van der Waals surface area contributed by atoms with Crippen molar-refractivity contribution in [3.63, 3.8) is 0 Å². The minimum absolute atomic E-state index is 0.113. The Morgan fingerprint density at radius 1 is 1.19 bits per heavy atom. The number of nitrogens with zero attached hydrogens (tertiary/aromatic N) is 2. The number of rotatable bonds is 6. The van der Waals surface area contributed by atoms with E-state index in [0.29, 0.717) is 35.1 Å². The van der Waals surface area contributed by atoms with Gasteiger partial charge in [-0.05, 0) is 38.2 Å². The molecule has 2 atom stereocenters. The zero-order valence-corrected chi connectivity index (χ0v) is 15.9. The van der Waals surface area contributed by atoms with E-state index in [1.807, 2.05) is 18.2 Å². The van der Waals surface area contributed by atoms with Gasteiger partial charge in [-0.15, -0.1) is 0 Å². The van der Waals surface area contributed by atoms with Crippen LogP contribution < -0.4 is 16.2 Å². The molecule has 0 saturated carbocycles. The van der Waals surface area contributed by atoms with E-state index < -0.39 is 0 Å². The van der Waals surface area contributed by atoms with Crippen LogP contribution >= 0.6 is 0 Å². The first-order valence-corrected chi connectivity index (χ1v) is 10.2. The Bertz CT molecular complexity index is 879. The number of piperidine rings is 1. The third kappa shape index (κ3) is 3.76. The lowest BCUT2D eigenvalue weighted by Gasteiger charge is -2.29. The number of aryl methyl sites for hydroxylation is 1. The molecule has 2 unspecified atom stereocenters. The molecule has 2 N–H and O–H groups in total. The van der Waals surface area contributed by atoms with E-state index in [9.17, 15) is 9.59 Å².